The third-order valence-electron chi connectivity index (χ3n) is 10.2. The predicted molar refractivity (Wildman–Crippen MR) is 195 cm³/mol. The largest absolute Gasteiger partial charge is 0.490 e. The molecule has 3 aliphatic rings. The molecule has 0 unspecified atom stereocenters. The van der Waals surface area contributed by atoms with Gasteiger partial charge in [0.25, 0.3) is 15.9 Å². The van der Waals surface area contributed by atoms with Crippen LogP contribution in [0.1, 0.15) is 64.5 Å². The molecule has 272 valence electrons. The first-order chi connectivity index (χ1) is 23.6. The van der Waals surface area contributed by atoms with E-state index in [1.54, 1.807) is 40.0 Å². The van der Waals surface area contributed by atoms with Crippen LogP contribution < -0.4 is 14.4 Å². The number of hydrogen-bond donors (Lipinski definition) is 1. The molecule has 5 rings (SSSR count). The van der Waals surface area contributed by atoms with Crippen LogP contribution >= 0.6 is 11.6 Å². The lowest BCUT2D eigenvalue weighted by molar-refractivity contribution is -0.123. The molecule has 12 heteroatoms. The van der Waals surface area contributed by atoms with Crippen molar-refractivity contribution in [1.82, 2.24) is 9.62 Å². The van der Waals surface area contributed by atoms with Gasteiger partial charge in [-0.15, -0.1) is 13.2 Å². The van der Waals surface area contributed by atoms with Crippen LogP contribution in [0.3, 0.4) is 0 Å². The maximum absolute atomic E-state index is 13.8. The van der Waals surface area contributed by atoms with Gasteiger partial charge >= 0.3 is 6.09 Å². The van der Waals surface area contributed by atoms with E-state index in [4.69, 9.17) is 25.8 Å². The fourth-order valence-corrected chi connectivity index (χ4v) is 8.77. The average Bonchev–Trinajstić information content (AvgIpc) is 3.19. The summed E-state index contributed by atoms with van der Waals surface area (Å²) in [5, 5.41) is 0.702. The zero-order chi connectivity index (χ0) is 36.4. The molecule has 50 heavy (non-hydrogen) atoms. The minimum absolute atomic E-state index is 0.0102. The van der Waals surface area contributed by atoms with Crippen LogP contribution in [-0.4, -0.2) is 76.4 Å². The number of ether oxygens (including phenoxy) is 3. The SMILES string of the molecule is C=CCN(C(=O)OC(C)(C)C)[C@@H](C)C(=O)NS(=O)(=O)c1ccc2c(c1)N(C[C@@H]1CC[C@H]1[C@@H](C=C)OC)C[C@@]1(CCCc3cc(Cl)ccc31)CO2. The predicted octanol–water partition coefficient (Wildman–Crippen LogP) is 6.66. The third kappa shape index (κ3) is 8.00. The summed E-state index contributed by atoms with van der Waals surface area (Å²) in [7, 11) is -2.66. The van der Waals surface area contributed by atoms with E-state index >= 15 is 0 Å². The lowest BCUT2D eigenvalue weighted by Gasteiger charge is -2.46. The second kappa shape index (κ2) is 15.0. The van der Waals surface area contributed by atoms with E-state index in [1.165, 1.54) is 30.2 Å². The van der Waals surface area contributed by atoms with Crippen molar-refractivity contribution in [2.24, 2.45) is 11.8 Å². The zero-order valence-electron chi connectivity index (χ0n) is 29.7. The molecule has 2 aliphatic carbocycles. The summed E-state index contributed by atoms with van der Waals surface area (Å²) in [5.41, 5.74) is 1.92. The first kappa shape index (κ1) is 37.7. The summed E-state index contributed by atoms with van der Waals surface area (Å²) in [6.45, 7) is 15.9. The van der Waals surface area contributed by atoms with Crippen molar-refractivity contribution in [3.05, 3.63) is 77.9 Å². The number of hydrogen-bond acceptors (Lipinski definition) is 8. The minimum Gasteiger partial charge on any atom is -0.490 e. The number of anilines is 1. The maximum atomic E-state index is 13.8. The normalized spacial score (nSPS) is 22.8. The highest BCUT2D eigenvalue weighted by molar-refractivity contribution is 7.90. The molecule has 0 radical (unpaired) electrons. The van der Waals surface area contributed by atoms with E-state index < -0.39 is 33.7 Å². The van der Waals surface area contributed by atoms with Gasteiger partial charge in [-0.3, -0.25) is 9.69 Å². The first-order valence-electron chi connectivity index (χ1n) is 17.2. The number of carbonyl (C=O) groups excluding carboxylic acids is 2. The van der Waals surface area contributed by atoms with Gasteiger partial charge in [0.05, 0.1) is 23.3 Å². The summed E-state index contributed by atoms with van der Waals surface area (Å²) in [6.07, 6.45) is 7.32. The van der Waals surface area contributed by atoms with E-state index in [0.717, 1.165) is 37.0 Å². The number of rotatable bonds is 11. The molecule has 0 bridgehead atoms. The van der Waals surface area contributed by atoms with Crippen molar-refractivity contribution in [1.29, 1.82) is 0 Å². The molecule has 1 N–H and O–H groups in total. The Morgan fingerprint density at radius 2 is 1.96 bits per heavy atom. The number of amides is 2. The third-order valence-corrected chi connectivity index (χ3v) is 11.8. The van der Waals surface area contributed by atoms with Crippen molar-refractivity contribution >= 4 is 39.3 Å². The van der Waals surface area contributed by atoms with Gasteiger partial charge in [-0.2, -0.15) is 0 Å². The van der Waals surface area contributed by atoms with Crippen LogP contribution in [0.4, 0.5) is 10.5 Å². The summed E-state index contributed by atoms with van der Waals surface area (Å²) in [5.74, 6) is 0.282. The van der Waals surface area contributed by atoms with Crippen molar-refractivity contribution in [2.45, 2.75) is 87.9 Å². The molecule has 0 saturated heterocycles. The molecule has 1 spiro atoms. The molecule has 1 saturated carbocycles. The Hall–Kier alpha value is -3.54. The summed E-state index contributed by atoms with van der Waals surface area (Å²) < 4.78 is 47.6. The van der Waals surface area contributed by atoms with E-state index in [-0.39, 0.29) is 28.9 Å². The number of carbonyl (C=O) groups is 2. The zero-order valence-corrected chi connectivity index (χ0v) is 31.3. The molecular weight excluding hydrogens is 678 g/mol. The van der Waals surface area contributed by atoms with Crippen LogP contribution in [0.2, 0.25) is 5.02 Å². The quantitative estimate of drug-likeness (QED) is 0.256. The summed E-state index contributed by atoms with van der Waals surface area (Å²) in [4.78, 5) is 29.6. The molecule has 1 fully saturated rings. The van der Waals surface area contributed by atoms with Crippen LogP contribution in [0, 0.1) is 11.8 Å². The van der Waals surface area contributed by atoms with Gasteiger partial charge in [0.15, 0.2) is 0 Å². The Labute approximate surface area is 301 Å². The summed E-state index contributed by atoms with van der Waals surface area (Å²) >= 11 is 6.42. The molecule has 1 heterocycles. The van der Waals surface area contributed by atoms with Gasteiger partial charge in [-0.25, -0.2) is 17.9 Å². The molecule has 2 aromatic carbocycles. The Morgan fingerprint density at radius 3 is 2.60 bits per heavy atom. The van der Waals surface area contributed by atoms with Gasteiger partial charge in [0.2, 0.25) is 0 Å². The number of halogens is 1. The van der Waals surface area contributed by atoms with E-state index in [2.05, 4.69) is 28.8 Å². The molecule has 5 atom stereocenters. The number of sulfonamides is 1. The number of fused-ring (bicyclic) bond motifs is 3. The molecule has 2 aromatic rings. The Kier molecular flexibility index (Phi) is 11.3. The van der Waals surface area contributed by atoms with E-state index in [1.807, 2.05) is 18.2 Å². The lowest BCUT2D eigenvalue weighted by Crippen LogP contribution is -2.50. The first-order valence-corrected chi connectivity index (χ1v) is 19.1. The lowest BCUT2D eigenvalue weighted by atomic mass is 9.68. The number of methoxy groups -OCH3 is 1. The monoisotopic (exact) mass is 727 g/mol. The molecular formula is C38H50ClN3O7S. The Balaban J connectivity index is 1.47. The van der Waals surface area contributed by atoms with E-state index in [0.29, 0.717) is 42.1 Å². The van der Waals surface area contributed by atoms with Crippen LogP contribution in [0.5, 0.6) is 5.75 Å². The number of nitrogens with zero attached hydrogens (tertiary/aromatic N) is 2. The van der Waals surface area contributed by atoms with Crippen LogP contribution in [-0.2, 0) is 36.1 Å². The van der Waals surface area contributed by atoms with Crippen molar-refractivity contribution in [3.63, 3.8) is 0 Å². The molecule has 0 aromatic heterocycles. The standard InChI is InChI=1S/C38H50ClN3O7S/c1-8-19-42(36(44)49-37(4,5)6)25(3)35(43)40-50(45,46)29-14-17-34-32(21-29)41(22-27-12-15-30(27)33(9-2)47-7)23-38(24-48-34)18-10-11-26-20-28(39)13-16-31(26)38/h8-9,13-14,16-17,20-21,25,27,30,33H,1-2,10-12,15,18-19,22-24H2,3-7H3,(H,40,43)/t25-,27-,30+,33+,38-/m0/s1. The number of benzene rings is 2. The fourth-order valence-electron chi connectivity index (χ4n) is 7.51. The average molecular weight is 728 g/mol. The summed E-state index contributed by atoms with van der Waals surface area (Å²) in [6, 6.07) is 9.63. The van der Waals surface area contributed by atoms with Crippen molar-refractivity contribution in [3.8, 4) is 5.75 Å². The molecule has 1 aliphatic heterocycles. The minimum atomic E-state index is -4.36. The van der Waals surface area contributed by atoms with Gasteiger partial charge in [0, 0.05) is 37.2 Å². The van der Waals surface area contributed by atoms with Crippen LogP contribution in [0.25, 0.3) is 0 Å². The molecule has 2 amide bonds. The molecule has 10 nitrogen and oxygen atoms in total. The Bertz CT molecular complexity index is 1720. The highest BCUT2D eigenvalue weighted by Crippen LogP contribution is 2.47. The maximum Gasteiger partial charge on any atom is 0.411 e. The smallest absolute Gasteiger partial charge is 0.411 e. The van der Waals surface area contributed by atoms with Crippen LogP contribution in [0.15, 0.2) is 66.6 Å². The van der Waals surface area contributed by atoms with Gasteiger partial charge in [0.1, 0.15) is 17.4 Å². The fraction of sp³-hybridized carbons (Fsp3) is 0.526. The van der Waals surface area contributed by atoms with Crippen molar-refractivity contribution < 1.29 is 32.2 Å². The topological polar surface area (TPSA) is 114 Å². The number of nitrogens with one attached hydrogen (secondary N) is 1. The Morgan fingerprint density at radius 1 is 1.20 bits per heavy atom. The van der Waals surface area contributed by atoms with Gasteiger partial charge in [-0.05, 0) is 113 Å². The van der Waals surface area contributed by atoms with Gasteiger partial charge < -0.3 is 19.1 Å². The highest BCUT2D eigenvalue weighted by atomic mass is 35.5. The second-order valence-corrected chi connectivity index (χ2v) is 16.9. The second-order valence-electron chi connectivity index (χ2n) is 14.7. The number of aryl methyl sites for hydroxylation is 1. The van der Waals surface area contributed by atoms with Gasteiger partial charge in [-0.1, -0.05) is 29.8 Å². The van der Waals surface area contributed by atoms with Crippen molar-refractivity contribution in [2.75, 3.05) is 38.3 Å². The highest BCUT2D eigenvalue weighted by Gasteiger charge is 2.44. The van der Waals surface area contributed by atoms with E-state index in [9.17, 15) is 18.0 Å².